The van der Waals surface area contributed by atoms with E-state index in [4.69, 9.17) is 9.47 Å². The predicted octanol–water partition coefficient (Wildman–Crippen LogP) is 5.89. The van der Waals surface area contributed by atoms with Crippen LogP contribution in [0.4, 0.5) is 11.4 Å². The number of nitrogens with zero attached hydrogens (tertiary/aromatic N) is 2. The van der Waals surface area contributed by atoms with Crippen LogP contribution in [0.5, 0.6) is 11.5 Å². The fourth-order valence-electron chi connectivity index (χ4n) is 4.13. The van der Waals surface area contributed by atoms with Gasteiger partial charge in [0, 0.05) is 30.1 Å². The molecule has 0 unspecified atom stereocenters. The maximum Gasteiger partial charge on any atom is 0.231 e. The van der Waals surface area contributed by atoms with Crippen LogP contribution in [0.25, 0.3) is 5.57 Å². The molecule has 0 bridgehead atoms. The lowest BCUT2D eigenvalue weighted by Crippen LogP contribution is -2.45. The second kappa shape index (κ2) is 7.01. The number of benzene rings is 2. The number of aliphatic imine (C=N–C) groups is 1. The monoisotopic (exact) mass is 376 g/mol. The van der Waals surface area contributed by atoms with Crippen molar-refractivity contribution in [1.29, 1.82) is 0 Å². The average Bonchev–Trinajstić information content (AvgIpc) is 3.11. The van der Waals surface area contributed by atoms with Gasteiger partial charge in [0.1, 0.15) is 0 Å². The number of hydrogen-bond donors (Lipinski definition) is 0. The minimum atomic E-state index is 0.0294. The first kappa shape index (κ1) is 18.6. The summed E-state index contributed by atoms with van der Waals surface area (Å²) in [6, 6.07) is 10.4. The molecule has 0 saturated heterocycles. The number of fused-ring (bicyclic) bond motifs is 2. The number of ether oxygens (including phenoxy) is 2. The van der Waals surface area contributed by atoms with E-state index in [-0.39, 0.29) is 12.3 Å². The van der Waals surface area contributed by atoms with Gasteiger partial charge in [-0.2, -0.15) is 0 Å². The number of aryl methyl sites for hydroxylation is 1. The van der Waals surface area contributed by atoms with Crippen LogP contribution in [0.1, 0.15) is 50.8 Å². The Morgan fingerprint density at radius 3 is 2.68 bits per heavy atom. The van der Waals surface area contributed by atoms with Crippen LogP contribution >= 0.6 is 0 Å². The van der Waals surface area contributed by atoms with E-state index in [1.54, 1.807) is 0 Å². The summed E-state index contributed by atoms with van der Waals surface area (Å²) >= 11 is 0. The Labute approximate surface area is 167 Å². The van der Waals surface area contributed by atoms with Crippen molar-refractivity contribution >= 4 is 23.2 Å². The molecule has 0 aliphatic carbocycles. The van der Waals surface area contributed by atoms with Gasteiger partial charge >= 0.3 is 0 Å². The highest BCUT2D eigenvalue weighted by Crippen LogP contribution is 2.40. The molecular formula is C24H28N2O2. The van der Waals surface area contributed by atoms with Crippen molar-refractivity contribution in [3.63, 3.8) is 0 Å². The quantitative estimate of drug-likeness (QED) is 0.624. The van der Waals surface area contributed by atoms with Crippen LogP contribution in [-0.4, -0.2) is 25.1 Å². The highest BCUT2D eigenvalue weighted by molar-refractivity contribution is 5.90. The Morgan fingerprint density at radius 2 is 1.89 bits per heavy atom. The van der Waals surface area contributed by atoms with E-state index in [2.05, 4.69) is 62.7 Å². The van der Waals surface area contributed by atoms with E-state index in [0.29, 0.717) is 0 Å². The predicted molar refractivity (Wildman–Crippen MR) is 116 cm³/mol. The van der Waals surface area contributed by atoms with Crippen molar-refractivity contribution in [3.8, 4) is 11.5 Å². The van der Waals surface area contributed by atoms with Crippen molar-refractivity contribution in [1.82, 2.24) is 0 Å². The first-order valence-corrected chi connectivity index (χ1v) is 9.95. The van der Waals surface area contributed by atoms with Crippen LogP contribution in [0.15, 0.2) is 41.4 Å². The third-order valence-electron chi connectivity index (χ3n) is 5.52. The second-order valence-electron chi connectivity index (χ2n) is 8.15. The summed E-state index contributed by atoms with van der Waals surface area (Å²) in [7, 11) is 0. The highest BCUT2D eigenvalue weighted by Gasteiger charge is 2.31. The lowest BCUT2D eigenvalue weighted by Gasteiger charge is -2.43. The molecule has 2 heterocycles. The van der Waals surface area contributed by atoms with Gasteiger partial charge < -0.3 is 14.4 Å². The number of rotatable bonds is 4. The minimum Gasteiger partial charge on any atom is -0.454 e. The van der Waals surface area contributed by atoms with E-state index < -0.39 is 0 Å². The molecule has 0 spiro atoms. The molecule has 28 heavy (non-hydrogen) atoms. The number of hydrogen-bond acceptors (Lipinski definition) is 4. The molecule has 146 valence electrons. The molecule has 0 fully saturated rings. The maximum absolute atomic E-state index is 5.45. The Balaban J connectivity index is 1.70. The van der Waals surface area contributed by atoms with Crippen molar-refractivity contribution in [2.75, 3.05) is 18.2 Å². The molecule has 2 aromatic rings. The molecule has 0 amide bonds. The van der Waals surface area contributed by atoms with Crippen LogP contribution in [0.2, 0.25) is 0 Å². The molecule has 0 N–H and O–H groups in total. The summed E-state index contributed by atoms with van der Waals surface area (Å²) in [5, 5.41) is 0. The molecule has 0 aromatic heterocycles. The molecule has 4 heteroatoms. The number of anilines is 1. The summed E-state index contributed by atoms with van der Waals surface area (Å²) in [4.78, 5) is 7.19. The standard InChI is InChI=1S/C24H28N2O2/c1-6-9-26-21-10-16(2)18(11-20(21)17(3)13-24(26,4)5)14-25-19-7-8-22-23(12-19)28-15-27-22/h7-8,10-14H,6,9,15H2,1-5H3. The molecule has 0 saturated carbocycles. The van der Waals surface area contributed by atoms with Gasteiger partial charge in [-0.25, -0.2) is 0 Å². The van der Waals surface area contributed by atoms with Gasteiger partial charge in [0.05, 0.1) is 11.2 Å². The SMILES string of the molecule is CCCN1c2cc(C)c(C=Nc3ccc4c(c3)OCO4)cc2C(C)=CC1(C)C. The fourth-order valence-corrected chi connectivity index (χ4v) is 4.13. The van der Waals surface area contributed by atoms with Crippen LogP contribution < -0.4 is 14.4 Å². The average molecular weight is 377 g/mol. The molecule has 0 radical (unpaired) electrons. The summed E-state index contributed by atoms with van der Waals surface area (Å²) in [5.74, 6) is 1.54. The summed E-state index contributed by atoms with van der Waals surface area (Å²) in [6.45, 7) is 12.5. The fraction of sp³-hybridized carbons (Fsp3) is 0.375. The van der Waals surface area contributed by atoms with Gasteiger partial charge in [-0.3, -0.25) is 4.99 Å². The van der Waals surface area contributed by atoms with Gasteiger partial charge in [0.25, 0.3) is 0 Å². The third-order valence-corrected chi connectivity index (χ3v) is 5.52. The van der Waals surface area contributed by atoms with Crippen molar-refractivity contribution in [2.45, 2.75) is 46.6 Å². The molecule has 4 rings (SSSR count). The second-order valence-corrected chi connectivity index (χ2v) is 8.15. The summed E-state index contributed by atoms with van der Waals surface area (Å²) < 4.78 is 10.8. The smallest absolute Gasteiger partial charge is 0.231 e. The summed E-state index contributed by atoms with van der Waals surface area (Å²) in [6.07, 6.45) is 5.45. The normalized spacial score (nSPS) is 17.0. The van der Waals surface area contributed by atoms with Crippen LogP contribution in [-0.2, 0) is 0 Å². The Bertz CT molecular complexity index is 973. The first-order valence-electron chi connectivity index (χ1n) is 9.95. The van der Waals surface area contributed by atoms with E-state index in [9.17, 15) is 0 Å². The van der Waals surface area contributed by atoms with Gasteiger partial charge in [0.2, 0.25) is 6.79 Å². The van der Waals surface area contributed by atoms with Crippen LogP contribution in [0.3, 0.4) is 0 Å². The Morgan fingerprint density at radius 1 is 1.11 bits per heavy atom. The zero-order chi connectivity index (χ0) is 19.9. The van der Waals surface area contributed by atoms with E-state index in [0.717, 1.165) is 35.7 Å². The van der Waals surface area contributed by atoms with E-state index >= 15 is 0 Å². The molecule has 4 nitrogen and oxygen atoms in total. The lowest BCUT2D eigenvalue weighted by molar-refractivity contribution is 0.174. The molecule has 2 aliphatic heterocycles. The molecule has 2 aliphatic rings. The molecular weight excluding hydrogens is 348 g/mol. The van der Waals surface area contributed by atoms with E-state index in [1.165, 1.54) is 22.4 Å². The van der Waals surface area contributed by atoms with E-state index in [1.807, 2.05) is 24.4 Å². The Hall–Kier alpha value is -2.75. The first-order chi connectivity index (χ1) is 13.4. The maximum atomic E-state index is 5.45. The Kier molecular flexibility index (Phi) is 4.66. The van der Waals surface area contributed by atoms with Crippen molar-refractivity contribution in [2.24, 2.45) is 4.99 Å². The zero-order valence-electron chi connectivity index (χ0n) is 17.4. The van der Waals surface area contributed by atoms with Crippen molar-refractivity contribution < 1.29 is 9.47 Å². The molecule has 2 aromatic carbocycles. The molecule has 0 atom stereocenters. The summed E-state index contributed by atoms with van der Waals surface area (Å²) in [5.41, 5.74) is 7.21. The van der Waals surface area contributed by atoms with Gasteiger partial charge in [0.15, 0.2) is 11.5 Å². The van der Waals surface area contributed by atoms with Gasteiger partial charge in [-0.15, -0.1) is 0 Å². The lowest BCUT2D eigenvalue weighted by atomic mass is 9.87. The zero-order valence-corrected chi connectivity index (χ0v) is 17.4. The minimum absolute atomic E-state index is 0.0294. The third kappa shape index (κ3) is 3.28. The number of allylic oxidation sites excluding steroid dienone is 1. The van der Waals surface area contributed by atoms with Gasteiger partial charge in [-0.1, -0.05) is 13.0 Å². The largest absolute Gasteiger partial charge is 0.454 e. The van der Waals surface area contributed by atoms with Gasteiger partial charge in [-0.05, 0) is 75.1 Å². The highest BCUT2D eigenvalue weighted by atomic mass is 16.7. The van der Waals surface area contributed by atoms with Crippen LogP contribution in [0, 0.1) is 6.92 Å². The topological polar surface area (TPSA) is 34.1 Å². The van der Waals surface area contributed by atoms with Crippen molar-refractivity contribution in [3.05, 3.63) is 53.1 Å².